The van der Waals surface area contributed by atoms with Crippen LogP contribution in [0.15, 0.2) is 12.0 Å². The second kappa shape index (κ2) is 6.27. The van der Waals surface area contributed by atoms with Gasteiger partial charge in [-0.1, -0.05) is 13.3 Å². The fraction of sp³-hybridized carbons (Fsp3) is 0.800. The second-order valence-electron chi connectivity index (χ2n) is 3.77. The third-order valence-electron chi connectivity index (χ3n) is 2.51. The number of nitrogens with zero attached hydrogens (tertiary/aromatic N) is 2. The van der Waals surface area contributed by atoms with Crippen molar-refractivity contribution in [2.24, 2.45) is 0 Å². The third-order valence-corrected chi connectivity index (χ3v) is 2.51. The topological polar surface area (TPSA) is 58.4 Å². The average Bonchev–Trinajstić information content (AvgIpc) is 2.68. The molecule has 0 aromatic rings. The number of hydrogen-bond donors (Lipinski definition) is 1. The van der Waals surface area contributed by atoms with Crippen molar-refractivity contribution in [1.29, 1.82) is 0 Å². The van der Waals surface area contributed by atoms with Crippen molar-refractivity contribution in [3.63, 3.8) is 0 Å². The summed E-state index contributed by atoms with van der Waals surface area (Å²) in [7, 11) is 0. The first kappa shape index (κ1) is 11.8. The molecule has 1 saturated heterocycles. The van der Waals surface area contributed by atoms with E-state index in [9.17, 15) is 10.1 Å². The Kier molecular flexibility index (Phi) is 4.93. The van der Waals surface area contributed by atoms with E-state index in [-0.39, 0.29) is 4.92 Å². The SMILES string of the molecule is CCCCN/C(=C/[N+](=O)[O-])N1CCCC1. The average molecular weight is 213 g/mol. The van der Waals surface area contributed by atoms with Crippen molar-refractivity contribution in [3.05, 3.63) is 22.1 Å². The summed E-state index contributed by atoms with van der Waals surface area (Å²) in [6, 6.07) is 0. The molecule has 1 fully saturated rings. The highest BCUT2D eigenvalue weighted by atomic mass is 16.6. The van der Waals surface area contributed by atoms with Gasteiger partial charge in [0, 0.05) is 19.6 Å². The first-order valence-corrected chi connectivity index (χ1v) is 5.58. The largest absolute Gasteiger partial charge is 0.367 e. The highest BCUT2D eigenvalue weighted by Crippen LogP contribution is 2.12. The number of likely N-dealkylation sites (tertiary alicyclic amines) is 1. The van der Waals surface area contributed by atoms with E-state index in [1.165, 1.54) is 0 Å². The van der Waals surface area contributed by atoms with Gasteiger partial charge < -0.3 is 10.2 Å². The van der Waals surface area contributed by atoms with Gasteiger partial charge in [0.15, 0.2) is 5.82 Å². The molecule has 0 amide bonds. The lowest BCUT2D eigenvalue weighted by molar-refractivity contribution is -0.404. The fourth-order valence-corrected chi connectivity index (χ4v) is 1.69. The fourth-order valence-electron chi connectivity index (χ4n) is 1.69. The second-order valence-corrected chi connectivity index (χ2v) is 3.77. The summed E-state index contributed by atoms with van der Waals surface area (Å²) >= 11 is 0. The molecule has 5 nitrogen and oxygen atoms in total. The van der Waals surface area contributed by atoms with E-state index in [1.807, 2.05) is 0 Å². The molecule has 0 aromatic heterocycles. The maximum atomic E-state index is 10.5. The van der Waals surface area contributed by atoms with Gasteiger partial charge in [-0.2, -0.15) is 0 Å². The predicted molar refractivity (Wildman–Crippen MR) is 58.8 cm³/mol. The molecule has 0 spiro atoms. The number of hydrogen-bond acceptors (Lipinski definition) is 4. The maximum absolute atomic E-state index is 10.5. The molecule has 1 N–H and O–H groups in total. The molecule has 1 heterocycles. The summed E-state index contributed by atoms with van der Waals surface area (Å²) in [5, 5.41) is 13.6. The Labute approximate surface area is 90.3 Å². The summed E-state index contributed by atoms with van der Waals surface area (Å²) in [6.07, 6.45) is 5.48. The lowest BCUT2D eigenvalue weighted by atomic mass is 10.3. The minimum absolute atomic E-state index is 0.382. The molecule has 0 saturated carbocycles. The molecule has 0 radical (unpaired) electrons. The van der Waals surface area contributed by atoms with Crippen molar-refractivity contribution < 1.29 is 4.92 Å². The van der Waals surface area contributed by atoms with Crippen molar-refractivity contribution in [2.45, 2.75) is 32.6 Å². The van der Waals surface area contributed by atoms with Crippen LogP contribution in [-0.2, 0) is 0 Å². The van der Waals surface area contributed by atoms with Crippen LogP contribution in [0.5, 0.6) is 0 Å². The monoisotopic (exact) mass is 213 g/mol. The number of nitro groups is 1. The van der Waals surface area contributed by atoms with Gasteiger partial charge >= 0.3 is 0 Å². The summed E-state index contributed by atoms with van der Waals surface area (Å²) in [5.41, 5.74) is 0. The Hall–Kier alpha value is -1.26. The van der Waals surface area contributed by atoms with Crippen molar-refractivity contribution in [2.75, 3.05) is 19.6 Å². The zero-order chi connectivity index (χ0) is 11.1. The molecule has 0 aliphatic carbocycles. The van der Waals surface area contributed by atoms with Crippen LogP contribution < -0.4 is 5.32 Å². The number of nitrogens with one attached hydrogen (secondary N) is 1. The van der Waals surface area contributed by atoms with E-state index in [1.54, 1.807) is 0 Å². The Bertz CT molecular complexity index is 235. The van der Waals surface area contributed by atoms with Crippen LogP contribution in [0.3, 0.4) is 0 Å². The molecular formula is C10H19N3O2. The standard InChI is InChI=1S/C10H19N3O2/c1-2-3-6-11-10(9-13(14)15)12-7-4-5-8-12/h9,11H,2-8H2,1H3/b10-9-. The third kappa shape index (κ3) is 4.18. The molecule has 1 rings (SSSR count). The Morgan fingerprint density at radius 2 is 2.20 bits per heavy atom. The quantitative estimate of drug-likeness (QED) is 0.413. The van der Waals surface area contributed by atoms with Crippen LogP contribution in [0.1, 0.15) is 32.6 Å². The predicted octanol–water partition coefficient (Wildman–Crippen LogP) is 1.55. The molecule has 1 aliphatic heterocycles. The molecule has 1 aliphatic rings. The van der Waals surface area contributed by atoms with Crippen LogP contribution >= 0.6 is 0 Å². The molecule has 0 bridgehead atoms. The van der Waals surface area contributed by atoms with E-state index in [4.69, 9.17) is 0 Å². The highest BCUT2D eigenvalue weighted by molar-refractivity contribution is 4.96. The molecular weight excluding hydrogens is 194 g/mol. The lowest BCUT2D eigenvalue weighted by Gasteiger charge is -2.20. The highest BCUT2D eigenvalue weighted by Gasteiger charge is 2.16. The van der Waals surface area contributed by atoms with Crippen LogP contribution in [0, 0.1) is 10.1 Å². The van der Waals surface area contributed by atoms with Crippen LogP contribution in [0.2, 0.25) is 0 Å². The minimum Gasteiger partial charge on any atom is -0.367 e. The number of rotatable bonds is 6. The summed E-state index contributed by atoms with van der Waals surface area (Å²) in [4.78, 5) is 12.1. The summed E-state index contributed by atoms with van der Waals surface area (Å²) < 4.78 is 0. The minimum atomic E-state index is -0.382. The first-order chi connectivity index (χ1) is 7.24. The molecule has 5 heteroatoms. The molecule has 0 atom stereocenters. The molecule has 0 aromatic carbocycles. The number of unbranched alkanes of at least 4 members (excludes halogenated alkanes) is 1. The van der Waals surface area contributed by atoms with Crippen molar-refractivity contribution in [1.82, 2.24) is 10.2 Å². The lowest BCUT2D eigenvalue weighted by Crippen LogP contribution is -2.30. The summed E-state index contributed by atoms with van der Waals surface area (Å²) in [5.74, 6) is 0.672. The Balaban J connectivity index is 2.48. The zero-order valence-corrected chi connectivity index (χ0v) is 9.24. The van der Waals surface area contributed by atoms with E-state index in [0.717, 1.165) is 51.5 Å². The van der Waals surface area contributed by atoms with Gasteiger partial charge in [-0.3, -0.25) is 10.1 Å². The van der Waals surface area contributed by atoms with Gasteiger partial charge in [-0.25, -0.2) is 0 Å². The van der Waals surface area contributed by atoms with Gasteiger partial charge in [0.2, 0.25) is 0 Å². The van der Waals surface area contributed by atoms with Crippen LogP contribution in [0.4, 0.5) is 0 Å². The van der Waals surface area contributed by atoms with Gasteiger partial charge in [0.25, 0.3) is 6.20 Å². The van der Waals surface area contributed by atoms with E-state index >= 15 is 0 Å². The van der Waals surface area contributed by atoms with Gasteiger partial charge in [0.1, 0.15) is 0 Å². The Morgan fingerprint density at radius 3 is 2.73 bits per heavy atom. The van der Waals surface area contributed by atoms with Crippen LogP contribution in [0.25, 0.3) is 0 Å². The van der Waals surface area contributed by atoms with Gasteiger partial charge in [0.05, 0.1) is 4.92 Å². The zero-order valence-electron chi connectivity index (χ0n) is 9.24. The molecule has 0 unspecified atom stereocenters. The van der Waals surface area contributed by atoms with Crippen molar-refractivity contribution >= 4 is 0 Å². The van der Waals surface area contributed by atoms with Gasteiger partial charge in [-0.05, 0) is 19.3 Å². The normalized spacial score (nSPS) is 16.9. The van der Waals surface area contributed by atoms with E-state index in [2.05, 4.69) is 17.1 Å². The Morgan fingerprint density at radius 1 is 1.53 bits per heavy atom. The van der Waals surface area contributed by atoms with Crippen molar-refractivity contribution in [3.8, 4) is 0 Å². The van der Waals surface area contributed by atoms with E-state index < -0.39 is 0 Å². The molecule has 86 valence electrons. The summed E-state index contributed by atoms with van der Waals surface area (Å²) in [6.45, 7) is 4.78. The smallest absolute Gasteiger partial charge is 0.274 e. The maximum Gasteiger partial charge on any atom is 0.274 e. The van der Waals surface area contributed by atoms with Crippen LogP contribution in [-0.4, -0.2) is 29.5 Å². The molecule has 15 heavy (non-hydrogen) atoms. The first-order valence-electron chi connectivity index (χ1n) is 5.58. The van der Waals surface area contributed by atoms with Gasteiger partial charge in [-0.15, -0.1) is 0 Å². The van der Waals surface area contributed by atoms with E-state index in [0.29, 0.717) is 5.82 Å².